The Morgan fingerprint density at radius 3 is 2.75 bits per heavy atom. The van der Waals surface area contributed by atoms with Gasteiger partial charge in [0.05, 0.1) is 0 Å². The summed E-state index contributed by atoms with van der Waals surface area (Å²) in [6.07, 6.45) is 5.50. The Hall–Kier alpha value is -0.550. The van der Waals surface area contributed by atoms with Crippen molar-refractivity contribution in [3.63, 3.8) is 0 Å². The van der Waals surface area contributed by atoms with Crippen molar-refractivity contribution in [3.05, 3.63) is 11.4 Å². The highest BCUT2D eigenvalue weighted by Crippen LogP contribution is 2.29. The predicted octanol–water partition coefficient (Wildman–Crippen LogP) is 1.78. The molecular weight excluding hydrogens is 148 g/mol. The van der Waals surface area contributed by atoms with Crippen molar-refractivity contribution in [1.82, 2.24) is 4.90 Å². The smallest absolute Gasteiger partial charge is 0.218 e. The second-order valence-electron chi connectivity index (χ2n) is 4.08. The molecule has 0 aromatic carbocycles. The molecule has 0 bridgehead atoms. The molecule has 1 aliphatic heterocycles. The molecule has 0 aromatic heterocycles. The first-order chi connectivity index (χ1) is 5.90. The second kappa shape index (κ2) is 3.45. The van der Waals surface area contributed by atoms with Crippen LogP contribution < -0.4 is 0 Å². The molecule has 12 heavy (non-hydrogen) atoms. The molecule has 1 saturated carbocycles. The highest BCUT2D eigenvalue weighted by molar-refractivity contribution is 4.88. The molecule has 0 spiro atoms. The van der Waals surface area contributed by atoms with Gasteiger partial charge in [0.25, 0.3) is 0 Å². The molecule has 0 radical (unpaired) electrons. The lowest BCUT2D eigenvalue weighted by Gasteiger charge is -2.34. The summed E-state index contributed by atoms with van der Waals surface area (Å²) in [6.45, 7) is 10.0. The fourth-order valence-electron chi connectivity index (χ4n) is 2.22. The lowest BCUT2D eigenvalue weighted by molar-refractivity contribution is 0.154. The van der Waals surface area contributed by atoms with E-state index in [0.717, 1.165) is 12.6 Å². The minimum atomic E-state index is 0.683. The van der Waals surface area contributed by atoms with Crippen LogP contribution in [0.1, 0.15) is 25.7 Å². The van der Waals surface area contributed by atoms with Crippen LogP contribution in [0.2, 0.25) is 0 Å². The van der Waals surface area contributed by atoms with Gasteiger partial charge in [0.15, 0.2) is 0 Å². The zero-order valence-electron chi connectivity index (χ0n) is 7.50. The Kier molecular flexibility index (Phi) is 2.32. The van der Waals surface area contributed by atoms with E-state index in [-0.39, 0.29) is 0 Å². The topological polar surface area (TPSA) is 7.60 Å². The van der Waals surface area contributed by atoms with Crippen LogP contribution in [0.5, 0.6) is 0 Å². The summed E-state index contributed by atoms with van der Waals surface area (Å²) < 4.78 is 0. The Morgan fingerprint density at radius 1 is 1.33 bits per heavy atom. The Labute approximate surface area is 74.4 Å². The van der Waals surface area contributed by atoms with Crippen LogP contribution >= 0.6 is 0 Å². The van der Waals surface area contributed by atoms with Gasteiger partial charge in [0, 0.05) is 18.5 Å². The molecule has 1 heterocycles. The number of hydrogen-bond acceptors (Lipinski definition) is 1. The minimum Gasteiger partial charge on any atom is -0.317 e. The summed E-state index contributed by atoms with van der Waals surface area (Å²) in [5.41, 5.74) is 0. The maximum absolute atomic E-state index is 6.81. The molecule has 0 aromatic rings. The first kappa shape index (κ1) is 8.07. The molecule has 2 fully saturated rings. The molecule has 1 unspecified atom stereocenters. The van der Waals surface area contributed by atoms with Crippen molar-refractivity contribution in [2.45, 2.75) is 31.7 Å². The summed E-state index contributed by atoms with van der Waals surface area (Å²) in [4.78, 5) is 6.08. The Bertz CT molecular complexity index is 191. The quantitative estimate of drug-likeness (QED) is 0.564. The van der Waals surface area contributed by atoms with Crippen LogP contribution in [0.4, 0.5) is 0 Å². The number of likely N-dealkylation sites (tertiary alicyclic amines) is 1. The van der Waals surface area contributed by atoms with Crippen molar-refractivity contribution >= 4 is 0 Å². The van der Waals surface area contributed by atoms with E-state index in [4.69, 9.17) is 6.57 Å². The second-order valence-corrected chi connectivity index (χ2v) is 4.08. The summed E-state index contributed by atoms with van der Waals surface area (Å²) in [6, 6.07) is 0.890. The van der Waals surface area contributed by atoms with Crippen molar-refractivity contribution in [2.75, 3.05) is 19.6 Å². The van der Waals surface area contributed by atoms with Gasteiger partial charge in [-0.15, -0.1) is 0 Å². The lowest BCUT2D eigenvalue weighted by Crippen LogP contribution is -2.38. The van der Waals surface area contributed by atoms with E-state index < -0.39 is 0 Å². The number of nitrogens with zero attached hydrogens (tertiary/aromatic N) is 2. The standard InChI is InChI=1S/C10H16N2/c1-11-7-9-5-6-12(8-9)10-3-2-4-10/h9-10H,2-8H2. The third-order valence-corrected chi connectivity index (χ3v) is 3.26. The average Bonchev–Trinajstić information content (AvgIpc) is 2.34. The monoisotopic (exact) mass is 164 g/mol. The summed E-state index contributed by atoms with van der Waals surface area (Å²) >= 11 is 0. The molecule has 2 nitrogen and oxygen atoms in total. The molecule has 0 N–H and O–H groups in total. The largest absolute Gasteiger partial charge is 0.317 e. The normalized spacial score (nSPS) is 31.4. The van der Waals surface area contributed by atoms with E-state index in [1.165, 1.54) is 38.8 Å². The maximum Gasteiger partial charge on any atom is 0.218 e. The molecule has 2 rings (SSSR count). The van der Waals surface area contributed by atoms with Gasteiger partial charge in [0.1, 0.15) is 0 Å². The van der Waals surface area contributed by atoms with Crippen molar-refractivity contribution < 1.29 is 0 Å². The van der Waals surface area contributed by atoms with E-state index >= 15 is 0 Å². The molecule has 2 heteroatoms. The van der Waals surface area contributed by atoms with Gasteiger partial charge in [-0.05, 0) is 25.8 Å². The van der Waals surface area contributed by atoms with E-state index in [0.29, 0.717) is 5.92 Å². The van der Waals surface area contributed by atoms with Gasteiger partial charge in [-0.25, -0.2) is 6.57 Å². The number of rotatable bonds is 2. The van der Waals surface area contributed by atoms with Gasteiger partial charge in [-0.3, -0.25) is 4.90 Å². The van der Waals surface area contributed by atoms with Crippen LogP contribution in [-0.4, -0.2) is 30.6 Å². The van der Waals surface area contributed by atoms with Crippen LogP contribution in [0.3, 0.4) is 0 Å². The maximum atomic E-state index is 6.81. The molecule has 1 atom stereocenters. The number of hydrogen-bond donors (Lipinski definition) is 0. The van der Waals surface area contributed by atoms with Crippen LogP contribution in [0.25, 0.3) is 4.85 Å². The lowest BCUT2D eigenvalue weighted by atomic mass is 9.92. The third-order valence-electron chi connectivity index (χ3n) is 3.26. The van der Waals surface area contributed by atoms with Gasteiger partial charge in [-0.2, -0.15) is 0 Å². The van der Waals surface area contributed by atoms with Crippen LogP contribution in [0, 0.1) is 12.5 Å². The van der Waals surface area contributed by atoms with Gasteiger partial charge in [-0.1, -0.05) is 6.42 Å². The van der Waals surface area contributed by atoms with Crippen molar-refractivity contribution in [2.24, 2.45) is 5.92 Å². The van der Waals surface area contributed by atoms with Crippen molar-refractivity contribution in [3.8, 4) is 0 Å². The van der Waals surface area contributed by atoms with Crippen LogP contribution in [-0.2, 0) is 0 Å². The van der Waals surface area contributed by atoms with E-state index in [1.807, 2.05) is 0 Å². The summed E-state index contributed by atoms with van der Waals surface area (Å²) in [5.74, 6) is 0.683. The van der Waals surface area contributed by atoms with Crippen LogP contribution in [0.15, 0.2) is 0 Å². The molecule has 1 saturated heterocycles. The first-order valence-corrected chi connectivity index (χ1v) is 4.97. The highest BCUT2D eigenvalue weighted by Gasteiger charge is 2.32. The molecule has 1 aliphatic carbocycles. The minimum absolute atomic E-state index is 0.683. The van der Waals surface area contributed by atoms with E-state index in [9.17, 15) is 0 Å². The average molecular weight is 164 g/mol. The molecule has 2 aliphatic rings. The zero-order valence-corrected chi connectivity index (χ0v) is 7.50. The van der Waals surface area contributed by atoms with E-state index in [1.54, 1.807) is 0 Å². The van der Waals surface area contributed by atoms with Gasteiger partial charge in [0.2, 0.25) is 6.54 Å². The van der Waals surface area contributed by atoms with Gasteiger partial charge < -0.3 is 4.85 Å². The zero-order chi connectivity index (χ0) is 8.39. The fraction of sp³-hybridized carbons (Fsp3) is 0.900. The van der Waals surface area contributed by atoms with Crippen molar-refractivity contribution in [1.29, 1.82) is 0 Å². The molecule has 66 valence electrons. The van der Waals surface area contributed by atoms with E-state index in [2.05, 4.69) is 9.74 Å². The summed E-state index contributed by atoms with van der Waals surface area (Å²) in [5, 5.41) is 0. The highest BCUT2D eigenvalue weighted by atomic mass is 15.2. The SMILES string of the molecule is [C-]#[N+]CC1CCN(C2CCC2)C1. The summed E-state index contributed by atoms with van der Waals surface area (Å²) in [7, 11) is 0. The van der Waals surface area contributed by atoms with Gasteiger partial charge >= 0.3 is 0 Å². The third kappa shape index (κ3) is 1.47. The Morgan fingerprint density at radius 2 is 2.17 bits per heavy atom. The first-order valence-electron chi connectivity index (χ1n) is 4.97. The molecule has 0 amide bonds. The Balaban J connectivity index is 1.78. The molecular formula is C10H16N2. The fourth-order valence-corrected chi connectivity index (χ4v) is 2.22. The predicted molar refractivity (Wildman–Crippen MR) is 48.8 cm³/mol.